The van der Waals surface area contributed by atoms with Crippen LogP contribution in [0.2, 0.25) is 0 Å². The molecule has 3 nitrogen and oxygen atoms in total. The fourth-order valence-electron chi connectivity index (χ4n) is 4.43. The highest BCUT2D eigenvalue weighted by Gasteiger charge is 2.54. The molecule has 0 atom stereocenters. The summed E-state index contributed by atoms with van der Waals surface area (Å²) >= 11 is 0. The van der Waals surface area contributed by atoms with E-state index in [9.17, 15) is 10.2 Å². The summed E-state index contributed by atoms with van der Waals surface area (Å²) in [4.78, 5) is 0. The molecule has 0 radical (unpaired) electrons. The Morgan fingerprint density at radius 3 is 0.865 bits per heavy atom. The molecular formula is C34H40O3. The second-order valence-electron chi connectivity index (χ2n) is 10.2. The Kier molecular flexibility index (Phi) is 10.2. The van der Waals surface area contributed by atoms with Gasteiger partial charge in [0, 0.05) is 13.2 Å². The summed E-state index contributed by atoms with van der Waals surface area (Å²) in [7, 11) is 0. The first-order valence-electron chi connectivity index (χ1n) is 13.0. The summed E-state index contributed by atoms with van der Waals surface area (Å²) in [6.45, 7) is 10.5. The van der Waals surface area contributed by atoms with Crippen LogP contribution in [0.5, 0.6) is 0 Å². The predicted octanol–water partition coefficient (Wildman–Crippen LogP) is 7.17. The number of ether oxygens (including phenoxy) is 1. The number of hydrogen-bond donors (Lipinski definition) is 2. The van der Waals surface area contributed by atoms with E-state index in [1.807, 2.05) is 121 Å². The van der Waals surface area contributed by atoms with Gasteiger partial charge in [-0.25, -0.2) is 0 Å². The number of aliphatic hydroxyl groups is 2. The summed E-state index contributed by atoms with van der Waals surface area (Å²) in [5.74, 6) is 1.34. The highest BCUT2D eigenvalue weighted by atomic mass is 16.5. The van der Waals surface area contributed by atoms with Gasteiger partial charge in [-0.1, -0.05) is 149 Å². The van der Waals surface area contributed by atoms with E-state index < -0.39 is 11.2 Å². The summed E-state index contributed by atoms with van der Waals surface area (Å²) in [5.41, 5.74) is -0.906. The smallest absolute Gasteiger partial charge is 0.152 e. The molecule has 0 amide bonds. The number of rotatable bonds is 9. The Balaban J connectivity index is 0.000000364. The van der Waals surface area contributed by atoms with Gasteiger partial charge in [-0.3, -0.25) is 0 Å². The third kappa shape index (κ3) is 6.75. The Hall–Kier alpha value is -3.24. The first-order chi connectivity index (χ1) is 17.8. The molecule has 4 aromatic carbocycles. The Labute approximate surface area is 222 Å². The molecule has 0 saturated heterocycles. The van der Waals surface area contributed by atoms with E-state index in [4.69, 9.17) is 4.74 Å². The minimum Gasteiger partial charge on any atom is -0.381 e. The molecule has 37 heavy (non-hydrogen) atoms. The minimum atomic E-state index is -1.70. The van der Waals surface area contributed by atoms with E-state index in [0.29, 0.717) is 34.1 Å². The van der Waals surface area contributed by atoms with Gasteiger partial charge in [-0.15, -0.1) is 0 Å². The lowest BCUT2D eigenvalue weighted by atomic mass is 9.66. The van der Waals surface area contributed by atoms with Crippen LogP contribution in [0.25, 0.3) is 0 Å². The van der Waals surface area contributed by atoms with Gasteiger partial charge in [0.05, 0.1) is 0 Å². The third-order valence-electron chi connectivity index (χ3n) is 6.19. The monoisotopic (exact) mass is 496 g/mol. The molecule has 0 aromatic heterocycles. The number of hydrogen-bond acceptors (Lipinski definition) is 3. The molecule has 4 aromatic rings. The van der Waals surface area contributed by atoms with Gasteiger partial charge in [0.2, 0.25) is 0 Å². The van der Waals surface area contributed by atoms with Gasteiger partial charge in [0.25, 0.3) is 0 Å². The van der Waals surface area contributed by atoms with Crippen molar-refractivity contribution in [3.05, 3.63) is 144 Å². The van der Waals surface area contributed by atoms with Crippen LogP contribution in [-0.4, -0.2) is 23.4 Å². The highest BCUT2D eigenvalue weighted by Crippen LogP contribution is 2.49. The van der Waals surface area contributed by atoms with E-state index in [1.165, 1.54) is 0 Å². The van der Waals surface area contributed by atoms with Crippen LogP contribution in [0, 0.1) is 11.8 Å². The fourth-order valence-corrected chi connectivity index (χ4v) is 4.43. The van der Waals surface area contributed by atoms with Crippen LogP contribution in [0.3, 0.4) is 0 Å². The zero-order chi connectivity index (χ0) is 26.7. The molecule has 0 spiro atoms. The maximum absolute atomic E-state index is 12.3. The van der Waals surface area contributed by atoms with Crippen LogP contribution in [-0.2, 0) is 15.9 Å². The quantitative estimate of drug-likeness (QED) is 0.258. The summed E-state index contributed by atoms with van der Waals surface area (Å²) in [6.07, 6.45) is 0. The first kappa shape index (κ1) is 28.3. The lowest BCUT2D eigenvalue weighted by Gasteiger charge is -2.45. The van der Waals surface area contributed by atoms with Crippen molar-refractivity contribution in [2.75, 3.05) is 13.2 Å². The SMILES string of the molecule is CC(C)COCC(C)C.OC(c1ccccc1)(c1ccccc1)C(O)(c1ccccc1)c1ccccc1. The molecule has 0 aliphatic heterocycles. The molecule has 0 heterocycles. The third-order valence-corrected chi connectivity index (χ3v) is 6.19. The van der Waals surface area contributed by atoms with Crippen molar-refractivity contribution >= 4 is 0 Å². The minimum absolute atomic E-state index is 0.622. The van der Waals surface area contributed by atoms with E-state index in [1.54, 1.807) is 0 Å². The van der Waals surface area contributed by atoms with Crippen molar-refractivity contribution in [2.45, 2.75) is 38.9 Å². The number of benzene rings is 4. The lowest BCUT2D eigenvalue weighted by molar-refractivity contribution is -0.113. The average Bonchev–Trinajstić information content (AvgIpc) is 2.94. The van der Waals surface area contributed by atoms with Crippen LogP contribution in [0.4, 0.5) is 0 Å². The maximum atomic E-state index is 12.3. The van der Waals surface area contributed by atoms with Crippen molar-refractivity contribution in [3.8, 4) is 0 Å². The fraction of sp³-hybridized carbons (Fsp3) is 0.294. The Bertz CT molecular complexity index is 983. The largest absolute Gasteiger partial charge is 0.381 e. The molecular weight excluding hydrogens is 456 g/mol. The molecule has 194 valence electrons. The van der Waals surface area contributed by atoms with E-state index in [0.717, 1.165) is 13.2 Å². The van der Waals surface area contributed by atoms with Crippen LogP contribution >= 0.6 is 0 Å². The van der Waals surface area contributed by atoms with Gasteiger partial charge in [0.15, 0.2) is 11.2 Å². The predicted molar refractivity (Wildman–Crippen MR) is 152 cm³/mol. The Morgan fingerprint density at radius 1 is 0.459 bits per heavy atom. The van der Waals surface area contributed by atoms with Gasteiger partial charge in [0.1, 0.15) is 0 Å². The highest BCUT2D eigenvalue weighted by molar-refractivity contribution is 5.50. The molecule has 0 bridgehead atoms. The summed E-state index contributed by atoms with van der Waals surface area (Å²) < 4.78 is 5.36. The zero-order valence-electron chi connectivity index (χ0n) is 22.4. The van der Waals surface area contributed by atoms with Crippen molar-refractivity contribution in [2.24, 2.45) is 11.8 Å². The van der Waals surface area contributed by atoms with E-state index in [2.05, 4.69) is 27.7 Å². The van der Waals surface area contributed by atoms with Crippen LogP contribution in [0.15, 0.2) is 121 Å². The summed E-state index contributed by atoms with van der Waals surface area (Å²) in [5, 5.41) is 24.7. The standard InChI is InChI=1S/C26H22O2.C8H18O/c27-25(21-13-5-1-6-14-21,22-15-7-2-8-16-22)26(28,23-17-9-3-10-18-23)24-19-11-4-12-20-24;1-7(2)5-9-6-8(3)4/h1-20,27-28H;7-8H,5-6H2,1-4H3. The average molecular weight is 497 g/mol. The molecule has 2 N–H and O–H groups in total. The lowest BCUT2D eigenvalue weighted by Crippen LogP contribution is -2.51. The molecule has 0 fully saturated rings. The second kappa shape index (κ2) is 13.3. The Morgan fingerprint density at radius 2 is 0.676 bits per heavy atom. The summed E-state index contributed by atoms with van der Waals surface area (Å²) in [6, 6.07) is 37.4. The van der Waals surface area contributed by atoms with Crippen molar-refractivity contribution in [1.29, 1.82) is 0 Å². The van der Waals surface area contributed by atoms with E-state index in [-0.39, 0.29) is 0 Å². The molecule has 4 rings (SSSR count). The maximum Gasteiger partial charge on any atom is 0.152 e. The molecule has 0 unspecified atom stereocenters. The van der Waals surface area contributed by atoms with Crippen molar-refractivity contribution in [3.63, 3.8) is 0 Å². The van der Waals surface area contributed by atoms with Crippen molar-refractivity contribution < 1.29 is 14.9 Å². The van der Waals surface area contributed by atoms with Crippen LogP contribution in [0.1, 0.15) is 49.9 Å². The van der Waals surface area contributed by atoms with Gasteiger partial charge < -0.3 is 14.9 Å². The van der Waals surface area contributed by atoms with Crippen LogP contribution < -0.4 is 0 Å². The zero-order valence-corrected chi connectivity index (χ0v) is 22.4. The normalized spacial score (nSPS) is 11.8. The molecule has 0 aliphatic rings. The van der Waals surface area contributed by atoms with Gasteiger partial charge in [-0.2, -0.15) is 0 Å². The van der Waals surface area contributed by atoms with E-state index >= 15 is 0 Å². The second-order valence-corrected chi connectivity index (χ2v) is 10.2. The molecule has 0 saturated carbocycles. The van der Waals surface area contributed by atoms with Gasteiger partial charge >= 0.3 is 0 Å². The van der Waals surface area contributed by atoms with Gasteiger partial charge in [-0.05, 0) is 34.1 Å². The van der Waals surface area contributed by atoms with Crippen molar-refractivity contribution in [1.82, 2.24) is 0 Å². The topological polar surface area (TPSA) is 49.7 Å². The first-order valence-corrected chi connectivity index (χ1v) is 13.0. The molecule has 0 aliphatic carbocycles. The molecule has 3 heteroatoms.